The molecule has 2 rings (SSSR count). The van der Waals surface area contributed by atoms with Gasteiger partial charge in [0.25, 0.3) is 23.6 Å². The Bertz CT molecular complexity index is 2360. The van der Waals surface area contributed by atoms with Gasteiger partial charge in [-0.3, -0.25) is 47.9 Å². The van der Waals surface area contributed by atoms with Crippen molar-refractivity contribution in [1.29, 1.82) is 0 Å². The van der Waals surface area contributed by atoms with Crippen LogP contribution in [0.3, 0.4) is 0 Å². The van der Waals surface area contributed by atoms with E-state index in [1.54, 1.807) is 83.1 Å². The van der Waals surface area contributed by atoms with E-state index in [4.69, 9.17) is 38.8 Å². The van der Waals surface area contributed by atoms with Crippen LogP contribution in [0, 0.1) is 0 Å². The monoisotopic (exact) mass is 1290 g/mol. The Morgan fingerprint density at radius 1 is 0.344 bits per heavy atom. The standard InChI is InChI=1S/C32H48N6O14.C24H42N4O10/c1-31(2,3)49-29(47)33-15-11-21(39)35(17-13-27(45)51-37-23(41)7-8-24(37)42)19-20-36(22(40)12-16-34-30(48)50-32(4,5)6)18-14-28(46)52-38-25(43)9-10-26(38)44;1-23(2,3)37-21(35)25-11-7-17(29)27(13-9-19(31)32)15-16-28(14-10-20(33)34)18(30)8-12-26-22(36)38-24(4,5)6/h7-20H2,1-6H3,(H,33,47)(H,34,48);7-16H2,1-6H3,(H,25,35)(H,26,36)(H,31,32)(H,33,34). The quantitative estimate of drug-likeness (QED) is 0.0414. The van der Waals surface area contributed by atoms with Gasteiger partial charge < -0.3 is 79.7 Å². The molecule has 0 atom stereocenters. The summed E-state index contributed by atoms with van der Waals surface area (Å²) >= 11 is 0. The third-order valence-corrected chi connectivity index (χ3v) is 11.5. The fourth-order valence-electron chi connectivity index (χ4n) is 7.43. The normalized spacial score (nSPS) is 13.2. The van der Waals surface area contributed by atoms with Gasteiger partial charge in [-0.1, -0.05) is 0 Å². The first-order valence-electron chi connectivity index (χ1n) is 29.1. The number of hydroxylamine groups is 4. The van der Waals surface area contributed by atoms with Gasteiger partial charge >= 0.3 is 48.3 Å². The molecule has 12 amide bonds. The van der Waals surface area contributed by atoms with Crippen molar-refractivity contribution in [3.05, 3.63) is 0 Å². The second kappa shape index (κ2) is 37.8. The van der Waals surface area contributed by atoms with E-state index in [0.29, 0.717) is 10.1 Å². The zero-order chi connectivity index (χ0) is 68.7. The fraction of sp³-hybridized carbons (Fsp3) is 0.714. The van der Waals surface area contributed by atoms with Gasteiger partial charge in [-0.25, -0.2) is 28.8 Å². The molecule has 508 valence electrons. The molecule has 0 aliphatic carbocycles. The van der Waals surface area contributed by atoms with Crippen molar-refractivity contribution in [2.75, 3.05) is 78.5 Å². The number of nitrogens with zero attached hydrogens (tertiary/aromatic N) is 6. The van der Waals surface area contributed by atoms with E-state index >= 15 is 0 Å². The highest BCUT2D eigenvalue weighted by atomic mass is 16.7. The smallest absolute Gasteiger partial charge is 0.407 e. The lowest BCUT2D eigenvalue weighted by molar-refractivity contribution is -0.197. The molecule has 0 aromatic heterocycles. The minimum Gasteiger partial charge on any atom is -0.481 e. The van der Waals surface area contributed by atoms with Crippen molar-refractivity contribution in [2.24, 2.45) is 0 Å². The van der Waals surface area contributed by atoms with E-state index in [1.807, 2.05) is 0 Å². The maximum atomic E-state index is 13.3. The van der Waals surface area contributed by atoms with Gasteiger partial charge in [0.1, 0.15) is 22.4 Å². The Labute approximate surface area is 521 Å². The molecule has 2 fully saturated rings. The van der Waals surface area contributed by atoms with Gasteiger partial charge in [-0.15, -0.1) is 10.1 Å². The third-order valence-electron chi connectivity index (χ3n) is 11.5. The maximum Gasteiger partial charge on any atom is 0.407 e. The molecule has 2 heterocycles. The summed E-state index contributed by atoms with van der Waals surface area (Å²) in [6, 6.07) is 0. The molecule has 2 aliphatic heterocycles. The van der Waals surface area contributed by atoms with Crippen LogP contribution in [-0.2, 0) is 86.2 Å². The van der Waals surface area contributed by atoms with E-state index < -0.39 is 131 Å². The van der Waals surface area contributed by atoms with Crippen LogP contribution < -0.4 is 21.3 Å². The number of carbonyl (C=O) groups is 16. The van der Waals surface area contributed by atoms with Crippen LogP contribution in [-0.4, -0.2) is 236 Å². The molecule has 34 heteroatoms. The number of hydrogen-bond acceptors (Lipinski definition) is 22. The van der Waals surface area contributed by atoms with E-state index in [1.165, 1.54) is 19.6 Å². The SMILES string of the molecule is CC(C)(C)OC(=O)NCCC(=O)N(CCC(=O)O)CCN(CCC(=O)O)C(=O)CCNC(=O)OC(C)(C)C.CC(C)(C)OC(=O)NCCC(=O)N(CCC(=O)ON1C(=O)CCC1=O)CCN(CCC(=O)ON1C(=O)CCC1=O)C(=O)CCNC(=O)OC(C)(C)C. The number of carboxylic acid groups (broad SMARTS) is 2. The number of hydrogen-bond donors (Lipinski definition) is 6. The molecule has 6 N–H and O–H groups in total. The first-order valence-corrected chi connectivity index (χ1v) is 29.1. The second-order valence-electron chi connectivity index (χ2n) is 24.1. The Hall–Kier alpha value is -8.88. The Balaban J connectivity index is 0.000000948. The highest BCUT2D eigenvalue weighted by molar-refractivity contribution is 6.02. The third kappa shape index (κ3) is 36.4. The summed E-state index contributed by atoms with van der Waals surface area (Å²) in [5, 5.41) is 28.6. The van der Waals surface area contributed by atoms with Gasteiger partial charge in [0.2, 0.25) is 23.6 Å². The van der Waals surface area contributed by atoms with Crippen LogP contribution in [0.1, 0.15) is 160 Å². The van der Waals surface area contributed by atoms with Crippen molar-refractivity contribution in [3.8, 4) is 0 Å². The van der Waals surface area contributed by atoms with Crippen molar-refractivity contribution in [1.82, 2.24) is 51.0 Å². The van der Waals surface area contributed by atoms with Crippen molar-refractivity contribution in [3.63, 3.8) is 0 Å². The van der Waals surface area contributed by atoms with Gasteiger partial charge in [0.15, 0.2) is 0 Å². The first-order chi connectivity index (χ1) is 41.5. The summed E-state index contributed by atoms with van der Waals surface area (Å²) in [7, 11) is 0. The number of ether oxygens (including phenoxy) is 4. The van der Waals surface area contributed by atoms with Crippen molar-refractivity contribution < 1.29 is 116 Å². The minimum atomic E-state index is -1.12. The number of carbonyl (C=O) groups excluding carboxylic acids is 14. The molecule has 0 spiro atoms. The van der Waals surface area contributed by atoms with Crippen LogP contribution in [0.5, 0.6) is 0 Å². The molecular formula is C56H90N10O24. The van der Waals surface area contributed by atoms with Crippen LogP contribution in [0.4, 0.5) is 19.2 Å². The lowest BCUT2D eigenvalue weighted by atomic mass is 10.2. The number of imide groups is 2. The van der Waals surface area contributed by atoms with E-state index in [2.05, 4.69) is 21.3 Å². The molecule has 90 heavy (non-hydrogen) atoms. The van der Waals surface area contributed by atoms with Gasteiger partial charge in [0, 0.05) is 130 Å². The predicted octanol–water partition coefficient (Wildman–Crippen LogP) is 1.89. The molecule has 2 aliphatic rings. The van der Waals surface area contributed by atoms with E-state index in [0.717, 1.165) is 0 Å². The number of aliphatic carboxylic acids is 2. The van der Waals surface area contributed by atoms with Crippen molar-refractivity contribution in [2.45, 2.75) is 183 Å². The number of rotatable bonds is 32. The number of nitrogens with one attached hydrogen (secondary N) is 4. The zero-order valence-electron chi connectivity index (χ0n) is 53.5. The molecule has 34 nitrogen and oxygen atoms in total. The van der Waals surface area contributed by atoms with Crippen LogP contribution in [0.2, 0.25) is 0 Å². The maximum absolute atomic E-state index is 13.3. The topological polar surface area (TPSA) is 437 Å². The van der Waals surface area contributed by atoms with Gasteiger partial charge in [-0.05, 0) is 83.1 Å². The van der Waals surface area contributed by atoms with Crippen molar-refractivity contribution >= 4 is 95.5 Å². The summed E-state index contributed by atoms with van der Waals surface area (Å²) in [5.74, 6) is -9.02. The van der Waals surface area contributed by atoms with Gasteiger partial charge in [0.05, 0.1) is 25.7 Å². The first kappa shape index (κ1) is 79.1. The Morgan fingerprint density at radius 3 is 0.733 bits per heavy atom. The van der Waals surface area contributed by atoms with E-state index in [-0.39, 0.29) is 143 Å². The fourth-order valence-corrected chi connectivity index (χ4v) is 7.43. The molecule has 2 saturated heterocycles. The molecule has 0 aromatic carbocycles. The highest BCUT2D eigenvalue weighted by Crippen LogP contribution is 2.16. The molecule has 0 bridgehead atoms. The molecular weight excluding hydrogens is 1200 g/mol. The minimum absolute atomic E-state index is 0.0463. The number of alkyl carbamates (subject to hydrolysis) is 4. The number of carboxylic acids is 2. The Morgan fingerprint density at radius 2 is 0.544 bits per heavy atom. The summed E-state index contributed by atoms with van der Waals surface area (Å²) in [6.07, 6.45) is -5.77. The summed E-state index contributed by atoms with van der Waals surface area (Å²) in [6.45, 7) is 18.4. The van der Waals surface area contributed by atoms with Crippen LogP contribution in [0.25, 0.3) is 0 Å². The second-order valence-corrected chi connectivity index (χ2v) is 24.1. The average Bonchev–Trinajstić information content (AvgIpc) is 2.07. The molecule has 0 aromatic rings. The average molecular weight is 1290 g/mol. The molecule has 0 radical (unpaired) electrons. The van der Waals surface area contributed by atoms with Crippen LogP contribution in [0.15, 0.2) is 0 Å². The summed E-state index contributed by atoms with van der Waals surface area (Å²) in [4.78, 5) is 209. The van der Waals surface area contributed by atoms with Crippen LogP contribution >= 0.6 is 0 Å². The lowest BCUT2D eigenvalue weighted by Crippen LogP contribution is -2.44. The summed E-state index contributed by atoms with van der Waals surface area (Å²) < 4.78 is 20.5. The zero-order valence-corrected chi connectivity index (χ0v) is 53.5. The summed E-state index contributed by atoms with van der Waals surface area (Å²) in [5.41, 5.74) is -3.00. The Kier molecular flexibility index (Phi) is 33.3. The molecule has 0 unspecified atom stereocenters. The molecule has 0 saturated carbocycles. The lowest BCUT2D eigenvalue weighted by Gasteiger charge is -2.28. The number of amides is 12. The van der Waals surface area contributed by atoms with E-state index in [9.17, 15) is 76.7 Å². The van der Waals surface area contributed by atoms with Gasteiger partial charge in [-0.2, -0.15) is 0 Å². The predicted molar refractivity (Wildman–Crippen MR) is 310 cm³/mol. The largest absolute Gasteiger partial charge is 0.481 e. The highest BCUT2D eigenvalue weighted by Gasteiger charge is 2.35.